The number of allylic oxidation sites excluding steroid dienone is 3. The van der Waals surface area contributed by atoms with Crippen LogP contribution in [-0.2, 0) is 18.4 Å². The lowest BCUT2D eigenvalue weighted by molar-refractivity contribution is -0.870. The Balaban J connectivity index is 4.18. The molecule has 0 aliphatic rings. The third-order valence-electron chi connectivity index (χ3n) is 12.4. The van der Waals surface area contributed by atoms with E-state index in [9.17, 15) is 19.4 Å². The average Bonchev–Trinajstić information content (AvgIpc) is 3.24. The summed E-state index contributed by atoms with van der Waals surface area (Å²) in [6.45, 7) is 4.82. The number of amides is 1. The number of likely N-dealkylation sites (N-methyl/N-ethyl adjacent to an activating group) is 1. The van der Waals surface area contributed by atoms with Crippen molar-refractivity contribution in [1.29, 1.82) is 0 Å². The largest absolute Gasteiger partial charge is 0.472 e. The lowest BCUT2D eigenvalue weighted by Gasteiger charge is -2.25. The molecule has 0 aliphatic heterocycles. The second-order valence-electron chi connectivity index (χ2n) is 20.0. The van der Waals surface area contributed by atoms with Crippen LogP contribution < -0.4 is 5.32 Å². The molecule has 8 nitrogen and oxygen atoms in total. The highest BCUT2D eigenvalue weighted by molar-refractivity contribution is 7.47. The van der Waals surface area contributed by atoms with Crippen molar-refractivity contribution in [2.24, 2.45) is 0 Å². The van der Waals surface area contributed by atoms with Gasteiger partial charge in [0.25, 0.3) is 0 Å². The van der Waals surface area contributed by atoms with Gasteiger partial charge in [0.1, 0.15) is 13.2 Å². The molecule has 63 heavy (non-hydrogen) atoms. The van der Waals surface area contributed by atoms with Crippen LogP contribution in [0.25, 0.3) is 0 Å². The SMILES string of the molecule is CCCCCCCCCCCCCCCCCCCCCCCC/C=C/CC/C=C/C(O)C(COP(=O)(O)OCC[N+](C)(C)C)NC(=O)CCCCCCCCCCCCCCC. The Morgan fingerprint density at radius 2 is 0.873 bits per heavy atom. The Hall–Kier alpha value is -1.02. The average molecular weight is 912 g/mol. The second kappa shape index (κ2) is 46.1. The van der Waals surface area contributed by atoms with Gasteiger partial charge in [-0.25, -0.2) is 4.57 Å². The van der Waals surface area contributed by atoms with E-state index in [1.54, 1.807) is 6.08 Å². The first-order chi connectivity index (χ1) is 30.5. The molecule has 0 spiro atoms. The number of quaternary nitrogens is 1. The topological polar surface area (TPSA) is 105 Å². The number of unbranched alkanes of at least 4 members (excludes halogenated alkanes) is 35. The highest BCUT2D eigenvalue weighted by atomic mass is 31.2. The number of carbonyl (C=O) groups is 1. The van der Waals surface area contributed by atoms with Crippen molar-refractivity contribution in [1.82, 2.24) is 5.32 Å². The molecule has 0 fully saturated rings. The van der Waals surface area contributed by atoms with E-state index in [-0.39, 0.29) is 19.1 Å². The van der Waals surface area contributed by atoms with E-state index in [2.05, 4.69) is 31.3 Å². The van der Waals surface area contributed by atoms with Crippen molar-refractivity contribution in [2.45, 2.75) is 276 Å². The van der Waals surface area contributed by atoms with E-state index in [4.69, 9.17) is 9.05 Å². The third kappa shape index (κ3) is 48.7. The number of phosphoric acid groups is 1. The fraction of sp³-hybridized carbons (Fsp3) is 0.907. The monoisotopic (exact) mass is 912 g/mol. The van der Waals surface area contributed by atoms with Crippen LogP contribution in [0.5, 0.6) is 0 Å². The van der Waals surface area contributed by atoms with Gasteiger partial charge in [0, 0.05) is 6.42 Å². The van der Waals surface area contributed by atoms with Crippen LogP contribution in [0.2, 0.25) is 0 Å². The predicted octanol–water partition coefficient (Wildman–Crippen LogP) is 16.0. The van der Waals surface area contributed by atoms with Crippen molar-refractivity contribution < 1.29 is 32.9 Å². The molecule has 0 radical (unpaired) electrons. The number of nitrogens with zero attached hydrogens (tertiary/aromatic N) is 1. The Morgan fingerprint density at radius 1 is 0.524 bits per heavy atom. The van der Waals surface area contributed by atoms with Crippen LogP contribution in [0.3, 0.4) is 0 Å². The number of rotatable bonds is 50. The normalized spacial score (nSPS) is 14.2. The Morgan fingerprint density at radius 3 is 1.27 bits per heavy atom. The lowest BCUT2D eigenvalue weighted by atomic mass is 10.0. The van der Waals surface area contributed by atoms with Crippen molar-refractivity contribution in [3.63, 3.8) is 0 Å². The van der Waals surface area contributed by atoms with Crippen LogP contribution in [0.4, 0.5) is 0 Å². The zero-order valence-electron chi connectivity index (χ0n) is 42.6. The maximum Gasteiger partial charge on any atom is 0.472 e. The molecule has 3 unspecified atom stereocenters. The first kappa shape index (κ1) is 62.0. The molecule has 0 rings (SSSR count). The number of carbonyl (C=O) groups excluding carboxylic acids is 1. The number of hydrogen-bond donors (Lipinski definition) is 3. The number of aliphatic hydroxyl groups is 1. The van der Waals surface area contributed by atoms with Gasteiger partial charge in [-0.3, -0.25) is 13.8 Å². The minimum atomic E-state index is -4.35. The predicted molar refractivity (Wildman–Crippen MR) is 272 cm³/mol. The minimum Gasteiger partial charge on any atom is -0.387 e. The molecule has 0 saturated carbocycles. The highest BCUT2D eigenvalue weighted by Crippen LogP contribution is 2.43. The molecule has 0 heterocycles. The Kier molecular flexibility index (Phi) is 45.4. The molecule has 1 amide bonds. The van der Waals surface area contributed by atoms with E-state index < -0.39 is 20.0 Å². The summed E-state index contributed by atoms with van der Waals surface area (Å²) in [5.41, 5.74) is 0. The van der Waals surface area contributed by atoms with E-state index in [1.807, 2.05) is 27.2 Å². The van der Waals surface area contributed by atoms with E-state index in [0.717, 1.165) is 38.5 Å². The summed E-state index contributed by atoms with van der Waals surface area (Å²) in [5.74, 6) is -0.184. The molecule has 0 aromatic heterocycles. The van der Waals surface area contributed by atoms with E-state index in [1.165, 1.54) is 205 Å². The maximum atomic E-state index is 12.9. The summed E-state index contributed by atoms with van der Waals surface area (Å²) in [7, 11) is 1.57. The highest BCUT2D eigenvalue weighted by Gasteiger charge is 2.27. The van der Waals surface area contributed by atoms with Gasteiger partial charge in [0.2, 0.25) is 5.91 Å². The molecular formula is C54H108N2O6P+. The van der Waals surface area contributed by atoms with Gasteiger partial charge in [-0.2, -0.15) is 0 Å². The van der Waals surface area contributed by atoms with Crippen molar-refractivity contribution >= 4 is 13.7 Å². The Bertz CT molecular complexity index is 1080. The standard InChI is InChI=1S/C54H107N2O6P/c1-6-8-10-12-14-16-18-20-21-22-23-24-25-26-27-28-29-30-31-32-33-34-36-37-39-41-43-45-47-53(57)52(51-62-63(59,60)61-50-49-56(3,4)5)55-54(58)48-46-44-42-40-38-35-19-17-15-13-11-9-7-2/h37,39,45,47,52-53,57H,6-36,38,40-44,46,48-51H2,1-5H3,(H-,55,58,59,60)/p+1/b39-37+,47-45+. The Labute approximate surface area is 392 Å². The van der Waals surface area contributed by atoms with Gasteiger partial charge in [0.05, 0.1) is 39.9 Å². The van der Waals surface area contributed by atoms with E-state index >= 15 is 0 Å². The molecule has 0 aliphatic carbocycles. The van der Waals surface area contributed by atoms with Crippen molar-refractivity contribution in [3.8, 4) is 0 Å². The zero-order chi connectivity index (χ0) is 46.4. The molecular weight excluding hydrogens is 804 g/mol. The van der Waals surface area contributed by atoms with E-state index in [0.29, 0.717) is 17.4 Å². The summed E-state index contributed by atoms with van der Waals surface area (Å²) in [4.78, 5) is 23.2. The molecule has 9 heteroatoms. The first-order valence-electron chi connectivity index (χ1n) is 27.2. The third-order valence-corrected chi connectivity index (χ3v) is 13.4. The van der Waals surface area contributed by atoms with Crippen LogP contribution in [0.1, 0.15) is 264 Å². The summed E-state index contributed by atoms with van der Waals surface area (Å²) >= 11 is 0. The summed E-state index contributed by atoms with van der Waals surface area (Å²) in [6.07, 6.45) is 57.1. The molecule has 0 bridgehead atoms. The molecule has 0 saturated heterocycles. The fourth-order valence-corrected chi connectivity index (χ4v) is 8.85. The van der Waals surface area contributed by atoms with Crippen molar-refractivity contribution in [3.05, 3.63) is 24.3 Å². The summed E-state index contributed by atoms with van der Waals surface area (Å²) in [5, 5.41) is 13.9. The summed E-state index contributed by atoms with van der Waals surface area (Å²) < 4.78 is 23.6. The number of nitrogens with one attached hydrogen (secondary N) is 1. The molecule has 0 aromatic carbocycles. The van der Waals surface area contributed by atoms with Crippen LogP contribution >= 0.6 is 7.82 Å². The van der Waals surface area contributed by atoms with Crippen LogP contribution in [-0.4, -0.2) is 73.4 Å². The zero-order valence-corrected chi connectivity index (χ0v) is 43.5. The minimum absolute atomic E-state index is 0.0585. The number of hydrogen-bond acceptors (Lipinski definition) is 5. The lowest BCUT2D eigenvalue weighted by Crippen LogP contribution is -2.45. The van der Waals surface area contributed by atoms with Crippen LogP contribution in [0, 0.1) is 0 Å². The number of aliphatic hydroxyl groups excluding tert-OH is 1. The molecule has 374 valence electrons. The van der Waals surface area contributed by atoms with Gasteiger partial charge in [-0.15, -0.1) is 0 Å². The smallest absolute Gasteiger partial charge is 0.387 e. The van der Waals surface area contributed by atoms with Gasteiger partial charge < -0.3 is 19.8 Å². The summed E-state index contributed by atoms with van der Waals surface area (Å²) in [6, 6.07) is -0.859. The number of phosphoric ester groups is 1. The molecule has 0 aromatic rings. The quantitative estimate of drug-likeness (QED) is 0.0243. The first-order valence-corrected chi connectivity index (χ1v) is 28.7. The van der Waals surface area contributed by atoms with Crippen molar-refractivity contribution in [2.75, 3.05) is 40.9 Å². The molecule has 3 N–H and O–H groups in total. The maximum absolute atomic E-state index is 12.9. The molecule has 3 atom stereocenters. The van der Waals surface area contributed by atoms with Gasteiger partial charge in [-0.05, 0) is 32.1 Å². The van der Waals surface area contributed by atoms with Crippen LogP contribution in [0.15, 0.2) is 24.3 Å². The van der Waals surface area contributed by atoms with Gasteiger partial charge in [0.15, 0.2) is 0 Å². The van der Waals surface area contributed by atoms with Gasteiger partial charge >= 0.3 is 7.82 Å². The fourth-order valence-electron chi connectivity index (χ4n) is 8.12. The second-order valence-corrected chi connectivity index (χ2v) is 21.4. The van der Waals surface area contributed by atoms with Gasteiger partial charge in [-0.1, -0.05) is 250 Å².